The molecule has 0 aliphatic heterocycles. The molecule has 20 heavy (non-hydrogen) atoms. The fourth-order valence-corrected chi connectivity index (χ4v) is 2.33. The maximum Gasteiger partial charge on any atom is 0.165 e. The molecule has 114 valence electrons. The fourth-order valence-electron chi connectivity index (χ4n) is 2.33. The minimum absolute atomic E-state index is 0.0944. The Balaban J connectivity index is 2.93. The minimum Gasteiger partial charge on any atom is -0.493 e. The first-order valence-corrected chi connectivity index (χ1v) is 6.79. The predicted molar refractivity (Wildman–Crippen MR) is 80.5 cm³/mol. The van der Waals surface area contributed by atoms with Gasteiger partial charge in [-0.1, -0.05) is 12.1 Å². The molecule has 0 saturated carbocycles. The molecular formula is C15H26N2O3. The van der Waals surface area contributed by atoms with E-state index in [2.05, 4.69) is 11.9 Å². The molecule has 0 spiro atoms. The Labute approximate surface area is 121 Å². The van der Waals surface area contributed by atoms with Crippen LogP contribution >= 0.6 is 0 Å². The van der Waals surface area contributed by atoms with Crippen molar-refractivity contribution in [1.82, 2.24) is 4.90 Å². The second-order valence-corrected chi connectivity index (χ2v) is 4.66. The van der Waals surface area contributed by atoms with Crippen molar-refractivity contribution in [2.45, 2.75) is 12.5 Å². The number of nitrogens with two attached hydrogens (primary N) is 1. The molecule has 5 heteroatoms. The molecule has 0 amide bonds. The normalized spacial score (nSPS) is 12.5. The summed E-state index contributed by atoms with van der Waals surface area (Å²) in [4.78, 5) is 2.22. The quantitative estimate of drug-likeness (QED) is 0.698. The lowest BCUT2D eigenvalue weighted by Gasteiger charge is -2.29. The van der Waals surface area contributed by atoms with Gasteiger partial charge in [0.2, 0.25) is 0 Å². The average molecular weight is 282 g/mol. The zero-order valence-corrected chi connectivity index (χ0v) is 12.9. The monoisotopic (exact) mass is 282 g/mol. The van der Waals surface area contributed by atoms with Gasteiger partial charge in [-0.3, -0.25) is 4.90 Å². The van der Waals surface area contributed by atoms with E-state index in [9.17, 15) is 0 Å². The highest BCUT2D eigenvalue weighted by molar-refractivity contribution is 5.48. The summed E-state index contributed by atoms with van der Waals surface area (Å²) in [5.74, 6) is 1.48. The van der Waals surface area contributed by atoms with Crippen LogP contribution in [-0.4, -0.2) is 53.0 Å². The Hall–Kier alpha value is -1.30. The molecule has 0 aliphatic carbocycles. The van der Waals surface area contributed by atoms with Gasteiger partial charge in [-0.15, -0.1) is 0 Å². The molecule has 2 N–H and O–H groups in total. The number of nitrogens with zero attached hydrogens (tertiary/aromatic N) is 1. The molecule has 1 rings (SSSR count). The van der Waals surface area contributed by atoms with Gasteiger partial charge >= 0.3 is 0 Å². The molecule has 0 aromatic heterocycles. The zero-order valence-electron chi connectivity index (χ0n) is 12.9. The van der Waals surface area contributed by atoms with Crippen LogP contribution in [0.5, 0.6) is 11.5 Å². The summed E-state index contributed by atoms with van der Waals surface area (Å²) in [5.41, 5.74) is 7.01. The van der Waals surface area contributed by atoms with Gasteiger partial charge in [0, 0.05) is 32.4 Å². The lowest BCUT2D eigenvalue weighted by atomic mass is 10.0. The second-order valence-electron chi connectivity index (χ2n) is 4.66. The van der Waals surface area contributed by atoms with Gasteiger partial charge < -0.3 is 19.9 Å². The van der Waals surface area contributed by atoms with Crippen molar-refractivity contribution < 1.29 is 14.2 Å². The number of methoxy groups -OCH3 is 3. The number of likely N-dealkylation sites (N-methyl/N-ethyl adjacent to an activating group) is 1. The summed E-state index contributed by atoms with van der Waals surface area (Å²) in [6.07, 6.45) is 0.968. The topological polar surface area (TPSA) is 57.0 Å². The third kappa shape index (κ3) is 4.10. The number of ether oxygens (including phenoxy) is 3. The SMILES string of the molecule is COCCCN(C)C(CN)c1cccc(OC)c1OC. The summed E-state index contributed by atoms with van der Waals surface area (Å²) in [5, 5.41) is 0. The summed E-state index contributed by atoms with van der Waals surface area (Å²) in [6.45, 7) is 2.18. The van der Waals surface area contributed by atoms with Crippen LogP contribution in [0.25, 0.3) is 0 Å². The van der Waals surface area contributed by atoms with Crippen LogP contribution in [0.3, 0.4) is 0 Å². The van der Waals surface area contributed by atoms with Gasteiger partial charge in [0.1, 0.15) is 0 Å². The number of rotatable bonds is 9. The van der Waals surface area contributed by atoms with Crippen LogP contribution in [-0.2, 0) is 4.74 Å². The lowest BCUT2D eigenvalue weighted by molar-refractivity contribution is 0.165. The molecule has 0 bridgehead atoms. The van der Waals surface area contributed by atoms with Gasteiger partial charge in [0.15, 0.2) is 11.5 Å². The third-order valence-corrected chi connectivity index (χ3v) is 3.41. The van der Waals surface area contributed by atoms with E-state index in [0.29, 0.717) is 6.54 Å². The molecule has 5 nitrogen and oxygen atoms in total. The van der Waals surface area contributed by atoms with Crippen molar-refractivity contribution in [2.75, 3.05) is 48.1 Å². The van der Waals surface area contributed by atoms with Gasteiger partial charge in [0.05, 0.1) is 20.3 Å². The minimum atomic E-state index is 0.0944. The number of para-hydroxylation sites is 1. The number of hydrogen-bond acceptors (Lipinski definition) is 5. The molecule has 0 fully saturated rings. The first kappa shape index (κ1) is 16.8. The van der Waals surface area contributed by atoms with Crippen molar-refractivity contribution >= 4 is 0 Å². The summed E-state index contributed by atoms with van der Waals surface area (Å²) in [6, 6.07) is 5.98. The molecule has 1 aromatic carbocycles. The molecule has 1 aromatic rings. The van der Waals surface area contributed by atoms with Gasteiger partial charge in [0.25, 0.3) is 0 Å². The molecule has 0 radical (unpaired) electrons. The smallest absolute Gasteiger partial charge is 0.165 e. The Bertz CT molecular complexity index is 399. The van der Waals surface area contributed by atoms with Crippen LogP contribution in [0.4, 0.5) is 0 Å². The summed E-state index contributed by atoms with van der Waals surface area (Å²) in [7, 11) is 7.07. The Morgan fingerprint density at radius 1 is 1.20 bits per heavy atom. The zero-order chi connectivity index (χ0) is 15.0. The predicted octanol–water partition coefficient (Wildman–Crippen LogP) is 1.67. The van der Waals surface area contributed by atoms with Gasteiger partial charge in [-0.25, -0.2) is 0 Å². The summed E-state index contributed by atoms with van der Waals surface area (Å²) < 4.78 is 15.9. The lowest BCUT2D eigenvalue weighted by Crippen LogP contribution is -2.32. The Kier molecular flexibility index (Phi) is 7.36. The first-order chi connectivity index (χ1) is 9.69. The van der Waals surface area contributed by atoms with Crippen LogP contribution in [0.2, 0.25) is 0 Å². The highest BCUT2D eigenvalue weighted by Gasteiger charge is 2.21. The molecule has 1 atom stereocenters. The van der Waals surface area contributed by atoms with Gasteiger partial charge in [-0.2, -0.15) is 0 Å². The van der Waals surface area contributed by atoms with Crippen LogP contribution < -0.4 is 15.2 Å². The standard InChI is InChI=1S/C15H26N2O3/c1-17(9-6-10-18-2)13(11-16)12-7-5-8-14(19-3)15(12)20-4/h5,7-8,13H,6,9-11,16H2,1-4H3. The van der Waals surface area contributed by atoms with E-state index in [-0.39, 0.29) is 6.04 Å². The van der Waals surface area contributed by atoms with Gasteiger partial charge in [-0.05, 0) is 19.5 Å². The van der Waals surface area contributed by atoms with Crippen molar-refractivity contribution in [3.63, 3.8) is 0 Å². The average Bonchev–Trinajstić information content (AvgIpc) is 2.47. The maximum atomic E-state index is 5.96. The van der Waals surface area contributed by atoms with Crippen molar-refractivity contribution in [1.29, 1.82) is 0 Å². The van der Waals surface area contributed by atoms with E-state index in [1.54, 1.807) is 21.3 Å². The molecular weight excluding hydrogens is 256 g/mol. The van der Waals surface area contributed by atoms with Crippen molar-refractivity contribution in [3.8, 4) is 11.5 Å². The third-order valence-electron chi connectivity index (χ3n) is 3.41. The van der Waals surface area contributed by atoms with Crippen LogP contribution in [0, 0.1) is 0 Å². The van der Waals surface area contributed by atoms with E-state index in [1.165, 1.54) is 0 Å². The highest BCUT2D eigenvalue weighted by Crippen LogP contribution is 2.36. The fraction of sp³-hybridized carbons (Fsp3) is 0.600. The van der Waals surface area contributed by atoms with E-state index in [0.717, 1.165) is 36.6 Å². The van der Waals surface area contributed by atoms with Crippen LogP contribution in [0.15, 0.2) is 18.2 Å². The highest BCUT2D eigenvalue weighted by atomic mass is 16.5. The second kappa shape index (κ2) is 8.79. The van der Waals surface area contributed by atoms with Crippen molar-refractivity contribution in [3.05, 3.63) is 23.8 Å². The Morgan fingerprint density at radius 3 is 2.50 bits per heavy atom. The molecule has 0 aliphatic rings. The van der Waals surface area contributed by atoms with E-state index in [1.807, 2.05) is 18.2 Å². The summed E-state index contributed by atoms with van der Waals surface area (Å²) >= 11 is 0. The maximum absolute atomic E-state index is 5.96. The molecule has 0 saturated heterocycles. The van der Waals surface area contributed by atoms with E-state index in [4.69, 9.17) is 19.9 Å². The number of hydrogen-bond donors (Lipinski definition) is 1. The molecule has 1 unspecified atom stereocenters. The van der Waals surface area contributed by atoms with E-state index < -0.39 is 0 Å². The van der Waals surface area contributed by atoms with E-state index >= 15 is 0 Å². The van der Waals surface area contributed by atoms with Crippen molar-refractivity contribution in [2.24, 2.45) is 5.73 Å². The first-order valence-electron chi connectivity index (χ1n) is 6.79. The number of benzene rings is 1. The molecule has 0 heterocycles. The largest absolute Gasteiger partial charge is 0.493 e. The Morgan fingerprint density at radius 2 is 1.95 bits per heavy atom. The van der Waals surface area contributed by atoms with Crippen LogP contribution in [0.1, 0.15) is 18.0 Å².